The van der Waals surface area contributed by atoms with Crippen LogP contribution in [0.1, 0.15) is 86.3 Å². The highest BCUT2D eigenvalue weighted by Crippen LogP contribution is 2.63. The van der Waals surface area contributed by atoms with Gasteiger partial charge >= 0.3 is 22.5 Å². The Kier molecular flexibility index (Phi) is 7.71. The second-order valence-corrected chi connectivity index (χ2v) is 16.8. The van der Waals surface area contributed by atoms with Crippen LogP contribution in [0.15, 0.2) is 8.83 Å². The van der Waals surface area contributed by atoms with Crippen molar-refractivity contribution >= 4 is 46.2 Å². The Morgan fingerprint density at radius 1 is 0.702 bits per heavy atom. The van der Waals surface area contributed by atoms with E-state index in [0.717, 1.165) is 10.1 Å². The summed E-state index contributed by atoms with van der Waals surface area (Å²) in [6.45, 7) is 0.370. The summed E-state index contributed by atoms with van der Waals surface area (Å²) in [5.41, 5.74) is -1.04. The summed E-state index contributed by atoms with van der Waals surface area (Å²) in [5.74, 6) is -1.25. The van der Waals surface area contributed by atoms with Gasteiger partial charge in [-0.1, -0.05) is 0 Å². The van der Waals surface area contributed by atoms with Crippen LogP contribution in [0, 0.1) is 21.6 Å². The van der Waals surface area contributed by atoms with Crippen molar-refractivity contribution in [2.75, 3.05) is 40.5 Å². The summed E-state index contributed by atoms with van der Waals surface area (Å²) in [6.07, 6.45) is 3.40. The summed E-state index contributed by atoms with van der Waals surface area (Å²) in [6, 6.07) is -6.53. The van der Waals surface area contributed by atoms with Crippen molar-refractivity contribution in [3.05, 3.63) is 23.6 Å². The normalized spacial score (nSPS) is 30.8. The molecule has 8 fully saturated rings. The minimum atomic E-state index is -5.05. The third-order valence-corrected chi connectivity index (χ3v) is 13.1. The molecular formula is C30H38N16O10S. The maximum Gasteiger partial charge on any atom is 0.442 e. The van der Waals surface area contributed by atoms with Crippen LogP contribution in [-0.4, -0.2) is 147 Å². The topological polar surface area (TPSA) is 314 Å². The van der Waals surface area contributed by atoms with Gasteiger partial charge in [-0.3, -0.25) is 30.2 Å². The molecule has 2 aromatic rings. The number of aromatic nitrogens is 4. The van der Waals surface area contributed by atoms with Crippen LogP contribution in [0.5, 0.6) is 0 Å². The maximum atomic E-state index is 13.9. The van der Waals surface area contributed by atoms with Gasteiger partial charge in [-0.15, -0.1) is 29.0 Å². The lowest BCUT2D eigenvalue weighted by Gasteiger charge is -2.35. The predicted molar refractivity (Wildman–Crippen MR) is 182 cm³/mol. The SMILES string of the molecule is CNCN1C(=N)NC(c2nnc([C@@H]3CC4(CC4)[C@@H]4CN3C(=O)N4OS(=O)(=O)ON3C(=O)N4C[C@H]3C3(CC3)C[C@H]4c3nnc(C4NC(=N)N(CNC)C4=O)o3)o2)C1=O. The number of hydrogen-bond acceptors (Lipinski definition) is 18. The van der Waals surface area contributed by atoms with Gasteiger partial charge in [-0.05, 0) is 63.5 Å². The van der Waals surface area contributed by atoms with Gasteiger partial charge in [0.1, 0.15) is 12.1 Å². The first-order chi connectivity index (χ1) is 27.3. The third kappa shape index (κ3) is 5.38. The number of piperidine rings is 2. The van der Waals surface area contributed by atoms with E-state index in [4.69, 9.17) is 28.2 Å². The first-order valence-corrected chi connectivity index (χ1v) is 19.7. The van der Waals surface area contributed by atoms with E-state index in [-0.39, 0.29) is 61.9 Å². The molecule has 57 heavy (non-hydrogen) atoms. The molecule has 8 aliphatic rings. The van der Waals surface area contributed by atoms with Gasteiger partial charge in [-0.2, -0.15) is 18.5 Å². The fourth-order valence-corrected chi connectivity index (χ4v) is 9.88. The summed E-state index contributed by atoms with van der Waals surface area (Å²) in [7, 11) is -1.78. The zero-order chi connectivity index (χ0) is 39.8. The minimum Gasteiger partial charge on any atom is -0.420 e. The zero-order valence-corrected chi connectivity index (χ0v) is 31.3. The summed E-state index contributed by atoms with van der Waals surface area (Å²) >= 11 is 0. The Labute approximate surface area is 322 Å². The molecular weight excluding hydrogens is 776 g/mol. The Bertz CT molecular complexity index is 2080. The monoisotopic (exact) mass is 814 g/mol. The minimum absolute atomic E-state index is 0.0558. The number of urea groups is 2. The Morgan fingerprint density at radius 2 is 1.09 bits per heavy atom. The van der Waals surface area contributed by atoms with Crippen LogP contribution in [0.25, 0.3) is 0 Å². The predicted octanol–water partition coefficient (Wildman–Crippen LogP) is -1.91. The molecule has 6 atom stereocenters. The number of nitrogens with one attached hydrogen (secondary N) is 6. The number of hydrogen-bond donors (Lipinski definition) is 6. The molecule has 0 radical (unpaired) electrons. The number of fused-ring (bicyclic) bond motifs is 6. The molecule has 4 bridgehead atoms. The number of guanidine groups is 2. The molecule has 26 nitrogen and oxygen atoms in total. The molecule has 6 N–H and O–H groups in total. The van der Waals surface area contributed by atoms with Crippen molar-refractivity contribution in [1.29, 1.82) is 10.8 Å². The van der Waals surface area contributed by atoms with E-state index in [1.807, 2.05) is 0 Å². The fraction of sp³-hybridized carbons (Fsp3) is 0.667. The van der Waals surface area contributed by atoms with Gasteiger partial charge in [0, 0.05) is 13.1 Å². The molecule has 6 aliphatic heterocycles. The highest BCUT2D eigenvalue weighted by molar-refractivity contribution is 7.81. The highest BCUT2D eigenvalue weighted by atomic mass is 32.3. The standard InChI is InChI=1S/C30H38N16O10S/c1-33-11-43-23(47)17(35-25(43)31)21-39-37-19(53-21)13-7-29(3-4-29)15-9-41(13)27(49)45(15)55-57(51,52)56-46-16-10-42(28(46)50)14(8-30(16)5-6-30)20-38-40-22(54-20)18-24(48)44(12-34-2)26(32)36-18/h13-18,33-34H,3-12H2,1-2H3,(H2,31,35)(H2,32,36)/t13-,14-,15-,16-,17?,18?/m0/s1. The van der Waals surface area contributed by atoms with Crippen LogP contribution in [-0.2, 0) is 28.6 Å². The largest absolute Gasteiger partial charge is 0.442 e. The second kappa shape index (κ2) is 12.2. The molecule has 27 heteroatoms. The van der Waals surface area contributed by atoms with Crippen LogP contribution in [0.3, 0.4) is 0 Å². The number of hydroxylamine groups is 4. The Balaban J connectivity index is 0.837. The van der Waals surface area contributed by atoms with E-state index >= 15 is 0 Å². The van der Waals surface area contributed by atoms with Gasteiger partial charge in [0.05, 0.1) is 25.4 Å². The smallest absolute Gasteiger partial charge is 0.420 e. The zero-order valence-electron chi connectivity index (χ0n) is 30.5. The molecule has 0 aromatic carbocycles. The molecule has 304 valence electrons. The molecule has 6 saturated heterocycles. The molecule has 2 spiro atoms. The lowest BCUT2D eigenvalue weighted by molar-refractivity contribution is -0.128. The Hall–Kier alpha value is -5.51. The molecule has 10 rings (SSSR count). The van der Waals surface area contributed by atoms with Crippen molar-refractivity contribution in [3.8, 4) is 0 Å². The molecule has 2 aliphatic carbocycles. The lowest BCUT2D eigenvalue weighted by atomic mass is 9.85. The quantitative estimate of drug-likeness (QED) is 0.136. The van der Waals surface area contributed by atoms with Crippen molar-refractivity contribution in [2.45, 2.75) is 74.8 Å². The van der Waals surface area contributed by atoms with Gasteiger partial charge in [0.15, 0.2) is 24.0 Å². The van der Waals surface area contributed by atoms with E-state index in [2.05, 4.69) is 41.7 Å². The first kappa shape index (κ1) is 35.9. The summed E-state index contributed by atoms with van der Waals surface area (Å²) < 4.78 is 50.0. The van der Waals surface area contributed by atoms with Crippen molar-refractivity contribution in [1.82, 2.24) is 71.4 Å². The van der Waals surface area contributed by atoms with Gasteiger partial charge in [0.25, 0.3) is 11.8 Å². The van der Waals surface area contributed by atoms with Gasteiger partial charge < -0.3 is 39.9 Å². The highest BCUT2D eigenvalue weighted by Gasteiger charge is 2.67. The molecule has 8 heterocycles. The second-order valence-electron chi connectivity index (χ2n) is 15.6. The fourth-order valence-electron chi connectivity index (χ4n) is 9.13. The van der Waals surface area contributed by atoms with Crippen LogP contribution in [0.4, 0.5) is 9.59 Å². The summed E-state index contributed by atoms with van der Waals surface area (Å²) in [4.78, 5) is 58.7. The number of carbonyl (C=O) groups is 4. The molecule has 2 unspecified atom stereocenters. The van der Waals surface area contributed by atoms with Crippen LogP contribution >= 0.6 is 0 Å². The molecule has 6 amide bonds. The average molecular weight is 815 g/mol. The van der Waals surface area contributed by atoms with E-state index in [9.17, 15) is 27.6 Å². The van der Waals surface area contributed by atoms with Gasteiger partial charge in [0.2, 0.25) is 23.6 Å². The van der Waals surface area contributed by atoms with E-state index in [1.54, 1.807) is 14.1 Å². The van der Waals surface area contributed by atoms with Crippen molar-refractivity contribution in [3.63, 3.8) is 0 Å². The van der Waals surface area contributed by atoms with Crippen LogP contribution < -0.4 is 21.3 Å². The third-order valence-electron chi connectivity index (χ3n) is 12.4. The van der Waals surface area contributed by atoms with Crippen molar-refractivity contribution in [2.24, 2.45) is 10.8 Å². The Morgan fingerprint density at radius 3 is 1.46 bits per heavy atom. The van der Waals surface area contributed by atoms with Crippen LogP contribution in [0.2, 0.25) is 0 Å². The first-order valence-electron chi connectivity index (χ1n) is 18.4. The number of amides is 6. The number of nitrogens with zero attached hydrogens (tertiary/aromatic N) is 10. The van der Waals surface area contributed by atoms with Crippen molar-refractivity contribution < 1.29 is 45.0 Å². The number of carbonyl (C=O) groups excluding carboxylic acids is 4. The average Bonchev–Trinajstić information content (AvgIpc) is 3.70. The van der Waals surface area contributed by atoms with E-state index in [1.165, 1.54) is 19.6 Å². The van der Waals surface area contributed by atoms with E-state index in [0.29, 0.717) is 38.5 Å². The summed E-state index contributed by atoms with van der Waals surface area (Å²) in [5, 5.41) is 45.2. The van der Waals surface area contributed by atoms with Gasteiger partial charge in [-0.25, -0.2) is 9.59 Å². The van der Waals surface area contributed by atoms with E-state index < -0.39 is 81.4 Å². The number of rotatable bonds is 12. The molecule has 2 aromatic heterocycles. The molecule has 2 saturated carbocycles. The lowest BCUT2D eigenvalue weighted by Crippen LogP contribution is -2.45. The maximum absolute atomic E-state index is 13.9.